The highest BCUT2D eigenvalue weighted by molar-refractivity contribution is 9.10. The Balaban J connectivity index is 1.58. The van der Waals surface area contributed by atoms with Gasteiger partial charge < -0.3 is 18.9 Å². The number of benzene rings is 2. The van der Waals surface area contributed by atoms with Crippen molar-refractivity contribution in [1.29, 1.82) is 0 Å². The molecule has 0 fully saturated rings. The van der Waals surface area contributed by atoms with Gasteiger partial charge in [0.25, 0.3) is 0 Å². The zero-order chi connectivity index (χ0) is 17.4. The highest BCUT2D eigenvalue weighted by Gasteiger charge is 2.31. The minimum atomic E-state index is -0.244. The molecule has 0 radical (unpaired) electrons. The first-order valence-corrected chi connectivity index (χ1v) is 8.86. The quantitative estimate of drug-likeness (QED) is 0.723. The van der Waals surface area contributed by atoms with Crippen LogP contribution in [0.5, 0.6) is 17.2 Å². The summed E-state index contributed by atoms with van der Waals surface area (Å²) in [5, 5.41) is 0. The molecular weight excluding hydrogens is 388 g/mol. The summed E-state index contributed by atoms with van der Waals surface area (Å²) in [7, 11) is 1.39. The van der Waals surface area contributed by atoms with Crippen molar-refractivity contribution in [2.75, 3.05) is 20.3 Å². The molecule has 2 aliphatic heterocycles. The Morgan fingerprint density at radius 1 is 1.16 bits per heavy atom. The zero-order valence-corrected chi connectivity index (χ0v) is 15.2. The molecule has 1 unspecified atom stereocenters. The second-order valence-corrected chi connectivity index (χ2v) is 7.01. The molecular formula is C19H17BrO5. The monoisotopic (exact) mass is 404 g/mol. The van der Waals surface area contributed by atoms with E-state index in [1.807, 2.05) is 36.4 Å². The lowest BCUT2D eigenvalue weighted by Gasteiger charge is -2.27. The van der Waals surface area contributed by atoms with Crippen LogP contribution in [-0.2, 0) is 9.53 Å². The van der Waals surface area contributed by atoms with Gasteiger partial charge in [0, 0.05) is 22.0 Å². The van der Waals surface area contributed by atoms with Crippen LogP contribution in [0.4, 0.5) is 0 Å². The van der Waals surface area contributed by atoms with Crippen LogP contribution < -0.4 is 14.2 Å². The highest BCUT2D eigenvalue weighted by Crippen LogP contribution is 2.46. The van der Waals surface area contributed by atoms with E-state index in [2.05, 4.69) is 15.9 Å². The van der Waals surface area contributed by atoms with Crippen molar-refractivity contribution in [1.82, 2.24) is 0 Å². The van der Waals surface area contributed by atoms with Crippen LogP contribution in [0.25, 0.3) is 0 Å². The van der Waals surface area contributed by atoms with Crippen LogP contribution in [0.3, 0.4) is 0 Å². The molecule has 25 heavy (non-hydrogen) atoms. The van der Waals surface area contributed by atoms with Crippen molar-refractivity contribution < 1.29 is 23.7 Å². The van der Waals surface area contributed by atoms with Crippen LogP contribution >= 0.6 is 15.9 Å². The van der Waals surface area contributed by atoms with Crippen molar-refractivity contribution in [2.45, 2.75) is 18.4 Å². The number of methoxy groups -OCH3 is 1. The minimum Gasteiger partial charge on any atom is -0.492 e. The van der Waals surface area contributed by atoms with Gasteiger partial charge in [-0.15, -0.1) is 0 Å². The fourth-order valence-corrected chi connectivity index (χ4v) is 3.58. The fourth-order valence-electron chi connectivity index (χ4n) is 3.16. The number of hydrogen-bond donors (Lipinski definition) is 0. The van der Waals surface area contributed by atoms with Crippen molar-refractivity contribution in [3.05, 3.63) is 52.0 Å². The van der Waals surface area contributed by atoms with Crippen LogP contribution in [0.15, 0.2) is 40.9 Å². The van der Waals surface area contributed by atoms with Gasteiger partial charge >= 0.3 is 5.97 Å². The van der Waals surface area contributed by atoms with E-state index in [0.717, 1.165) is 21.3 Å². The van der Waals surface area contributed by atoms with E-state index in [1.54, 1.807) is 0 Å². The van der Waals surface area contributed by atoms with Gasteiger partial charge in [-0.1, -0.05) is 28.1 Å². The predicted octanol–water partition coefficient (Wildman–Crippen LogP) is 4.00. The molecule has 4 rings (SSSR count). The maximum Gasteiger partial charge on any atom is 0.306 e. The maximum absolute atomic E-state index is 11.6. The van der Waals surface area contributed by atoms with E-state index in [-0.39, 0.29) is 18.0 Å². The van der Waals surface area contributed by atoms with E-state index in [9.17, 15) is 4.79 Å². The van der Waals surface area contributed by atoms with Crippen molar-refractivity contribution in [3.8, 4) is 17.2 Å². The summed E-state index contributed by atoms with van der Waals surface area (Å²) in [6.45, 7) is 0.896. The molecule has 0 aliphatic carbocycles. The second-order valence-electron chi connectivity index (χ2n) is 6.10. The summed E-state index contributed by atoms with van der Waals surface area (Å²) < 4.78 is 23.5. The Bertz CT molecular complexity index is 819. The summed E-state index contributed by atoms with van der Waals surface area (Å²) in [5.41, 5.74) is 2.01. The third-order valence-electron chi connectivity index (χ3n) is 4.48. The summed E-state index contributed by atoms with van der Waals surface area (Å²) in [6, 6.07) is 11.8. The molecule has 0 saturated carbocycles. The van der Waals surface area contributed by atoms with Gasteiger partial charge in [-0.25, -0.2) is 0 Å². The standard InChI is InChI=1S/C19H17BrO5/c1-22-19(21)6-12-9-23-15-8-17-16(7-14(12)15)24-10-18(25-17)11-3-2-4-13(20)5-11/h2-5,7-8,12,18H,6,9-10H2,1H3/t12-,18?/m1/s1. The molecule has 0 spiro atoms. The molecule has 2 atom stereocenters. The molecule has 2 aliphatic rings. The van der Waals surface area contributed by atoms with Gasteiger partial charge in [0.2, 0.25) is 0 Å². The first-order chi connectivity index (χ1) is 12.1. The Labute approximate surface area is 154 Å². The predicted molar refractivity (Wildman–Crippen MR) is 94.3 cm³/mol. The van der Waals surface area contributed by atoms with Crippen molar-refractivity contribution in [2.24, 2.45) is 0 Å². The summed E-state index contributed by atoms with van der Waals surface area (Å²) >= 11 is 3.48. The van der Waals surface area contributed by atoms with Gasteiger partial charge in [-0.05, 0) is 23.8 Å². The average molecular weight is 405 g/mol. The first-order valence-electron chi connectivity index (χ1n) is 8.06. The van der Waals surface area contributed by atoms with Crippen LogP contribution in [0, 0.1) is 0 Å². The number of carbonyl (C=O) groups is 1. The van der Waals surface area contributed by atoms with E-state index >= 15 is 0 Å². The average Bonchev–Trinajstić information content (AvgIpc) is 3.01. The lowest BCUT2D eigenvalue weighted by Crippen LogP contribution is -2.21. The molecule has 2 aromatic carbocycles. The molecule has 2 aromatic rings. The topological polar surface area (TPSA) is 54.0 Å². The SMILES string of the molecule is COC(=O)C[C@@H]1COc2cc3c(cc21)OCC(c1cccc(Br)c1)O3. The summed E-state index contributed by atoms with van der Waals surface area (Å²) in [4.78, 5) is 11.6. The Morgan fingerprint density at radius 2 is 2.00 bits per heavy atom. The number of halogens is 1. The molecule has 130 valence electrons. The largest absolute Gasteiger partial charge is 0.492 e. The molecule has 0 aromatic heterocycles. The Hall–Kier alpha value is -2.21. The molecule has 0 bridgehead atoms. The molecule has 0 amide bonds. The smallest absolute Gasteiger partial charge is 0.306 e. The van der Waals surface area contributed by atoms with Gasteiger partial charge in [0.15, 0.2) is 17.6 Å². The second kappa shape index (κ2) is 6.59. The van der Waals surface area contributed by atoms with Crippen molar-refractivity contribution >= 4 is 21.9 Å². The third kappa shape index (κ3) is 3.18. The van der Waals surface area contributed by atoms with Gasteiger partial charge in [-0.2, -0.15) is 0 Å². The number of esters is 1. The number of hydrogen-bond acceptors (Lipinski definition) is 5. The molecule has 0 saturated heterocycles. The van der Waals surface area contributed by atoms with E-state index < -0.39 is 0 Å². The summed E-state index contributed by atoms with van der Waals surface area (Å²) in [5.74, 6) is 1.83. The van der Waals surface area contributed by atoms with Crippen LogP contribution in [-0.4, -0.2) is 26.3 Å². The Morgan fingerprint density at radius 3 is 2.80 bits per heavy atom. The van der Waals surface area contributed by atoms with Gasteiger partial charge in [-0.3, -0.25) is 4.79 Å². The number of ether oxygens (including phenoxy) is 4. The number of carbonyl (C=O) groups excluding carboxylic acids is 1. The third-order valence-corrected chi connectivity index (χ3v) is 4.97. The lowest BCUT2D eigenvalue weighted by atomic mass is 9.97. The molecule has 5 nitrogen and oxygen atoms in total. The molecule has 0 N–H and O–H groups in total. The first kappa shape index (κ1) is 16.3. The van der Waals surface area contributed by atoms with Crippen LogP contribution in [0.2, 0.25) is 0 Å². The van der Waals surface area contributed by atoms with Gasteiger partial charge in [0.05, 0.1) is 20.1 Å². The van der Waals surface area contributed by atoms with Crippen LogP contribution in [0.1, 0.15) is 29.6 Å². The molecule has 2 heterocycles. The Kier molecular flexibility index (Phi) is 4.29. The van der Waals surface area contributed by atoms with E-state index in [1.165, 1.54) is 7.11 Å². The minimum absolute atomic E-state index is 0.0147. The number of fused-ring (bicyclic) bond motifs is 2. The van der Waals surface area contributed by atoms with Gasteiger partial charge in [0.1, 0.15) is 12.4 Å². The maximum atomic E-state index is 11.6. The van der Waals surface area contributed by atoms with E-state index in [0.29, 0.717) is 31.1 Å². The lowest BCUT2D eigenvalue weighted by molar-refractivity contribution is -0.141. The molecule has 6 heteroatoms. The summed E-state index contributed by atoms with van der Waals surface area (Å²) in [6.07, 6.45) is 0.124. The normalized spacial score (nSPS) is 20.6. The highest BCUT2D eigenvalue weighted by atomic mass is 79.9. The van der Waals surface area contributed by atoms with E-state index in [4.69, 9.17) is 18.9 Å². The zero-order valence-electron chi connectivity index (χ0n) is 13.7. The fraction of sp³-hybridized carbons (Fsp3) is 0.316. The number of rotatable bonds is 3. The van der Waals surface area contributed by atoms with Crippen molar-refractivity contribution in [3.63, 3.8) is 0 Å².